The zero-order valence-corrected chi connectivity index (χ0v) is 14.9. The molecule has 1 amide bonds. The number of anilines is 1. The second-order valence-electron chi connectivity index (χ2n) is 6.28. The number of rotatable bonds is 5. The van der Waals surface area contributed by atoms with E-state index < -0.39 is 15.8 Å². The van der Waals surface area contributed by atoms with E-state index >= 15 is 0 Å². The van der Waals surface area contributed by atoms with Gasteiger partial charge in [-0.05, 0) is 61.3 Å². The first-order chi connectivity index (χ1) is 12.4. The van der Waals surface area contributed by atoms with Crippen molar-refractivity contribution in [2.45, 2.75) is 11.3 Å². The largest absolute Gasteiger partial charge is 0.338 e. The summed E-state index contributed by atoms with van der Waals surface area (Å²) < 4.78 is 40.4. The maximum atomic E-state index is 13.0. The van der Waals surface area contributed by atoms with E-state index in [1.165, 1.54) is 42.5 Å². The fraction of sp³-hybridized carbons (Fsp3) is 0.278. The van der Waals surface area contributed by atoms with Crippen LogP contribution >= 0.6 is 0 Å². The lowest BCUT2D eigenvalue weighted by atomic mass is 10.1. The fourth-order valence-electron chi connectivity index (χ4n) is 2.92. The quantitative estimate of drug-likeness (QED) is 0.834. The highest BCUT2D eigenvalue weighted by molar-refractivity contribution is 7.92. The van der Waals surface area contributed by atoms with Crippen LogP contribution in [0, 0.1) is 11.7 Å². The van der Waals surface area contributed by atoms with Crippen molar-refractivity contribution in [1.82, 2.24) is 4.90 Å². The van der Waals surface area contributed by atoms with E-state index in [4.69, 9.17) is 5.73 Å². The number of nitrogens with one attached hydrogen (secondary N) is 1. The molecular weight excluding hydrogens is 357 g/mol. The lowest BCUT2D eigenvalue weighted by Gasteiger charge is -2.17. The molecule has 8 heteroatoms. The highest BCUT2D eigenvalue weighted by Gasteiger charge is 2.26. The molecule has 2 aromatic rings. The zero-order chi connectivity index (χ0) is 18.7. The monoisotopic (exact) mass is 377 g/mol. The molecule has 0 aromatic heterocycles. The first-order valence-corrected chi connectivity index (χ1v) is 9.75. The van der Waals surface area contributed by atoms with Crippen LogP contribution in [-0.4, -0.2) is 38.9 Å². The molecule has 26 heavy (non-hydrogen) atoms. The fourth-order valence-corrected chi connectivity index (χ4v) is 4.02. The van der Waals surface area contributed by atoms with E-state index in [-0.39, 0.29) is 22.4 Å². The lowest BCUT2D eigenvalue weighted by molar-refractivity contribution is 0.0787. The Labute approximate surface area is 151 Å². The van der Waals surface area contributed by atoms with Crippen molar-refractivity contribution in [2.75, 3.05) is 24.4 Å². The summed E-state index contributed by atoms with van der Waals surface area (Å²) in [5.74, 6) is -0.382. The van der Waals surface area contributed by atoms with Gasteiger partial charge in [0.25, 0.3) is 15.9 Å². The van der Waals surface area contributed by atoms with E-state index in [0.717, 1.165) is 6.42 Å². The Hall–Kier alpha value is -2.45. The van der Waals surface area contributed by atoms with Gasteiger partial charge in [-0.3, -0.25) is 9.52 Å². The number of amides is 1. The van der Waals surface area contributed by atoms with Crippen LogP contribution in [0.4, 0.5) is 10.1 Å². The van der Waals surface area contributed by atoms with E-state index in [1.807, 2.05) is 0 Å². The number of hydrogen-bond acceptors (Lipinski definition) is 4. The van der Waals surface area contributed by atoms with Crippen LogP contribution < -0.4 is 10.5 Å². The van der Waals surface area contributed by atoms with Gasteiger partial charge in [-0.15, -0.1) is 0 Å². The van der Waals surface area contributed by atoms with Gasteiger partial charge in [0, 0.05) is 24.3 Å². The molecule has 1 atom stereocenters. The topological polar surface area (TPSA) is 92.5 Å². The van der Waals surface area contributed by atoms with Crippen molar-refractivity contribution in [1.29, 1.82) is 0 Å². The molecule has 0 spiro atoms. The average Bonchev–Trinajstić information content (AvgIpc) is 3.12. The van der Waals surface area contributed by atoms with Gasteiger partial charge in [0.2, 0.25) is 0 Å². The van der Waals surface area contributed by atoms with Crippen LogP contribution in [0.2, 0.25) is 0 Å². The van der Waals surface area contributed by atoms with Crippen molar-refractivity contribution < 1.29 is 17.6 Å². The van der Waals surface area contributed by atoms with Crippen molar-refractivity contribution in [3.05, 3.63) is 59.9 Å². The molecule has 6 nitrogen and oxygen atoms in total. The highest BCUT2D eigenvalue weighted by Crippen LogP contribution is 2.21. The lowest BCUT2D eigenvalue weighted by Crippen LogP contribution is -2.30. The number of halogens is 1. The number of likely N-dealkylation sites (tertiary alicyclic amines) is 1. The highest BCUT2D eigenvalue weighted by atomic mass is 32.2. The number of sulfonamides is 1. The second kappa shape index (κ2) is 7.43. The average molecular weight is 377 g/mol. The van der Waals surface area contributed by atoms with Gasteiger partial charge in [0.1, 0.15) is 5.82 Å². The van der Waals surface area contributed by atoms with Gasteiger partial charge in [-0.1, -0.05) is 6.07 Å². The minimum Gasteiger partial charge on any atom is -0.338 e. The van der Waals surface area contributed by atoms with Crippen molar-refractivity contribution >= 4 is 21.6 Å². The number of benzene rings is 2. The maximum absolute atomic E-state index is 13.0. The normalized spacial score (nSPS) is 17.3. The zero-order valence-electron chi connectivity index (χ0n) is 14.1. The number of carbonyl (C=O) groups excluding carboxylic acids is 1. The van der Waals surface area contributed by atoms with E-state index in [1.54, 1.807) is 11.0 Å². The van der Waals surface area contributed by atoms with Crippen molar-refractivity contribution in [3.63, 3.8) is 0 Å². The first kappa shape index (κ1) is 18.3. The number of nitrogens with two attached hydrogens (primary N) is 1. The van der Waals surface area contributed by atoms with E-state index in [9.17, 15) is 17.6 Å². The SMILES string of the molecule is NCC1CCN(C(=O)c2cccc(S(=O)(=O)Nc3ccc(F)cc3)c2)C1. The summed E-state index contributed by atoms with van der Waals surface area (Å²) >= 11 is 0. The summed E-state index contributed by atoms with van der Waals surface area (Å²) in [6.45, 7) is 1.73. The summed E-state index contributed by atoms with van der Waals surface area (Å²) in [5.41, 5.74) is 6.20. The molecule has 138 valence electrons. The third-order valence-electron chi connectivity index (χ3n) is 4.39. The van der Waals surface area contributed by atoms with Crippen LogP contribution in [0.1, 0.15) is 16.8 Å². The Balaban J connectivity index is 1.79. The molecule has 1 aliphatic rings. The summed E-state index contributed by atoms with van der Waals surface area (Å²) in [7, 11) is -3.88. The smallest absolute Gasteiger partial charge is 0.261 e. The summed E-state index contributed by atoms with van der Waals surface area (Å²) in [4.78, 5) is 14.3. The maximum Gasteiger partial charge on any atom is 0.261 e. The van der Waals surface area contributed by atoms with Gasteiger partial charge in [0.05, 0.1) is 4.90 Å². The predicted octanol–water partition coefficient (Wildman–Crippen LogP) is 2.05. The molecule has 1 unspecified atom stereocenters. The number of carbonyl (C=O) groups is 1. The molecule has 1 fully saturated rings. The minimum atomic E-state index is -3.88. The Kier molecular flexibility index (Phi) is 5.24. The molecule has 0 bridgehead atoms. The molecule has 0 saturated carbocycles. The third-order valence-corrected chi connectivity index (χ3v) is 5.77. The third kappa shape index (κ3) is 4.03. The number of nitrogens with zero attached hydrogens (tertiary/aromatic N) is 1. The second-order valence-corrected chi connectivity index (χ2v) is 7.96. The van der Waals surface area contributed by atoms with Gasteiger partial charge >= 0.3 is 0 Å². The van der Waals surface area contributed by atoms with Crippen LogP contribution in [0.15, 0.2) is 53.4 Å². The first-order valence-electron chi connectivity index (χ1n) is 8.27. The minimum absolute atomic E-state index is 0.0257. The predicted molar refractivity (Wildman–Crippen MR) is 96.7 cm³/mol. The Morgan fingerprint density at radius 2 is 1.96 bits per heavy atom. The Bertz CT molecular complexity index is 900. The van der Waals surface area contributed by atoms with Crippen LogP contribution in [0.3, 0.4) is 0 Å². The molecular formula is C18H20FN3O3S. The summed E-state index contributed by atoms with van der Waals surface area (Å²) in [6, 6.07) is 10.9. The molecule has 0 aliphatic carbocycles. The molecule has 0 radical (unpaired) electrons. The molecule has 1 aliphatic heterocycles. The number of hydrogen-bond donors (Lipinski definition) is 2. The van der Waals surface area contributed by atoms with Gasteiger partial charge in [-0.25, -0.2) is 12.8 Å². The van der Waals surface area contributed by atoms with Crippen LogP contribution in [-0.2, 0) is 10.0 Å². The van der Waals surface area contributed by atoms with Crippen LogP contribution in [0.5, 0.6) is 0 Å². The molecule has 2 aromatic carbocycles. The standard InChI is InChI=1S/C18H20FN3O3S/c19-15-4-6-16(7-5-15)21-26(24,25)17-3-1-2-14(10-17)18(23)22-9-8-13(11-20)12-22/h1-7,10,13,21H,8-9,11-12,20H2. The van der Waals surface area contributed by atoms with E-state index in [0.29, 0.717) is 25.2 Å². The van der Waals surface area contributed by atoms with Gasteiger partial charge in [-0.2, -0.15) is 0 Å². The van der Waals surface area contributed by atoms with Crippen molar-refractivity contribution in [3.8, 4) is 0 Å². The Morgan fingerprint density at radius 3 is 2.62 bits per heavy atom. The molecule has 3 N–H and O–H groups in total. The van der Waals surface area contributed by atoms with Crippen LogP contribution in [0.25, 0.3) is 0 Å². The van der Waals surface area contributed by atoms with Gasteiger partial charge < -0.3 is 10.6 Å². The van der Waals surface area contributed by atoms with Gasteiger partial charge in [0.15, 0.2) is 0 Å². The Morgan fingerprint density at radius 1 is 1.23 bits per heavy atom. The van der Waals surface area contributed by atoms with E-state index in [2.05, 4.69) is 4.72 Å². The molecule has 3 rings (SSSR count). The summed E-state index contributed by atoms with van der Waals surface area (Å²) in [5, 5.41) is 0. The molecule has 1 saturated heterocycles. The summed E-state index contributed by atoms with van der Waals surface area (Å²) in [6.07, 6.45) is 0.854. The van der Waals surface area contributed by atoms with Crippen molar-refractivity contribution in [2.24, 2.45) is 11.7 Å². The molecule has 1 heterocycles.